The molecule has 5 heteroatoms. The van der Waals surface area contributed by atoms with Crippen LogP contribution in [-0.2, 0) is 0 Å². The highest BCUT2D eigenvalue weighted by molar-refractivity contribution is 6.18. The van der Waals surface area contributed by atoms with Gasteiger partial charge in [-0.1, -0.05) is 140 Å². The van der Waals surface area contributed by atoms with Gasteiger partial charge >= 0.3 is 0 Å². The van der Waals surface area contributed by atoms with Crippen LogP contribution in [0.25, 0.3) is 149 Å². The number of pyridine rings is 1. The maximum Gasteiger partial charge on any atom is 0.136 e. The molecule has 0 aliphatic carbocycles. The van der Waals surface area contributed by atoms with Gasteiger partial charge in [-0.15, -0.1) is 0 Å². The summed E-state index contributed by atoms with van der Waals surface area (Å²) in [5.41, 5.74) is 18.7. The molecule has 0 unspecified atom stereocenters. The van der Waals surface area contributed by atoms with Crippen molar-refractivity contribution in [1.82, 2.24) is 9.55 Å². The first-order chi connectivity index (χ1) is 34.7. The van der Waals surface area contributed by atoms with Gasteiger partial charge in [-0.3, -0.25) is 0 Å². The minimum Gasteiger partial charge on any atom is -0.456 e. The van der Waals surface area contributed by atoms with E-state index in [4.69, 9.17) is 18.2 Å². The highest BCUT2D eigenvalue weighted by atomic mass is 16.3. The summed E-state index contributed by atoms with van der Waals surface area (Å²) in [6, 6.07) is 81.4. The Bertz CT molecular complexity index is 4590. The van der Waals surface area contributed by atoms with Gasteiger partial charge in [0.1, 0.15) is 33.5 Å². The lowest BCUT2D eigenvalue weighted by Gasteiger charge is -2.12. The van der Waals surface area contributed by atoms with Gasteiger partial charge in [-0.05, 0) is 124 Å². The molecule has 70 heavy (non-hydrogen) atoms. The standard InChI is InChI=1S/C65H38N2O3/c1-3-14-39(15-4-1)44-34-54(42-27-30-49-48-19-8-11-23-58(48)69-62(49)37-42)66-55(35-44)50-21-13-25-61-64(50)53-32-41(28-31-60(53)68-61)52-33-43(38-63-65(52)51-20-9-12-24-59(51)70-63)40-26-29-47-46-18-7-10-22-56(46)67(57(47)36-40)45-16-5-2-6-17-45/h1-38H. The number of aromatic nitrogens is 2. The van der Waals surface area contributed by atoms with Crippen LogP contribution >= 0.6 is 0 Å². The molecule has 5 heterocycles. The number of fused-ring (bicyclic) bond motifs is 12. The van der Waals surface area contributed by atoms with Crippen molar-refractivity contribution in [3.8, 4) is 61.6 Å². The molecule has 0 aliphatic heterocycles. The van der Waals surface area contributed by atoms with Gasteiger partial charge < -0.3 is 17.8 Å². The highest BCUT2D eigenvalue weighted by Gasteiger charge is 2.21. The molecule has 10 aromatic carbocycles. The maximum atomic E-state index is 6.72. The van der Waals surface area contributed by atoms with Gasteiger partial charge in [0, 0.05) is 59.9 Å². The highest BCUT2D eigenvalue weighted by Crippen LogP contribution is 2.45. The molecule has 15 aromatic rings. The topological polar surface area (TPSA) is 57.2 Å². The molecule has 0 N–H and O–H groups in total. The predicted molar refractivity (Wildman–Crippen MR) is 288 cm³/mol. The van der Waals surface area contributed by atoms with E-state index in [1.54, 1.807) is 0 Å². The monoisotopic (exact) mass is 894 g/mol. The Balaban J connectivity index is 0.930. The lowest BCUT2D eigenvalue weighted by Crippen LogP contribution is -1.93. The lowest BCUT2D eigenvalue weighted by molar-refractivity contribution is 0.668. The fraction of sp³-hybridized carbons (Fsp3) is 0. The van der Waals surface area contributed by atoms with Crippen LogP contribution in [0, 0.1) is 0 Å². The quantitative estimate of drug-likeness (QED) is 0.167. The number of benzene rings is 10. The van der Waals surface area contributed by atoms with Crippen LogP contribution in [0.1, 0.15) is 0 Å². The summed E-state index contributed by atoms with van der Waals surface area (Å²) in [7, 11) is 0. The van der Waals surface area contributed by atoms with Crippen LogP contribution in [-0.4, -0.2) is 9.55 Å². The molecule has 0 spiro atoms. The number of hydrogen-bond donors (Lipinski definition) is 0. The number of rotatable bonds is 6. The molecule has 5 nitrogen and oxygen atoms in total. The lowest BCUT2D eigenvalue weighted by atomic mass is 9.92. The zero-order valence-corrected chi connectivity index (χ0v) is 37.6. The molecular formula is C65H38N2O3. The first kappa shape index (κ1) is 38.6. The van der Waals surface area contributed by atoms with Gasteiger partial charge in [0.25, 0.3) is 0 Å². The Morgan fingerprint density at radius 1 is 0.271 bits per heavy atom. The van der Waals surface area contributed by atoms with E-state index in [2.05, 4.69) is 217 Å². The second kappa shape index (κ2) is 15.0. The number of furan rings is 3. The van der Waals surface area contributed by atoms with Crippen LogP contribution in [0.4, 0.5) is 0 Å². The van der Waals surface area contributed by atoms with E-state index in [1.165, 1.54) is 16.3 Å². The Hall–Kier alpha value is -9.45. The molecular weight excluding hydrogens is 857 g/mol. The Morgan fingerprint density at radius 2 is 0.857 bits per heavy atom. The second-order valence-corrected chi connectivity index (χ2v) is 18.2. The van der Waals surface area contributed by atoms with Crippen molar-refractivity contribution in [2.75, 3.05) is 0 Å². The number of para-hydroxylation sites is 4. The summed E-state index contributed by atoms with van der Waals surface area (Å²) in [6.45, 7) is 0. The molecule has 326 valence electrons. The second-order valence-electron chi connectivity index (χ2n) is 18.2. The smallest absolute Gasteiger partial charge is 0.136 e. The van der Waals surface area contributed by atoms with Crippen molar-refractivity contribution in [2.24, 2.45) is 0 Å². The van der Waals surface area contributed by atoms with Gasteiger partial charge in [0.15, 0.2) is 0 Å². The molecule has 5 aromatic heterocycles. The molecule has 0 atom stereocenters. The van der Waals surface area contributed by atoms with E-state index in [0.29, 0.717) is 0 Å². The summed E-state index contributed by atoms with van der Waals surface area (Å²) in [4.78, 5) is 5.45. The zero-order chi connectivity index (χ0) is 45.9. The van der Waals surface area contributed by atoms with Gasteiger partial charge in [0.05, 0.1) is 22.4 Å². The minimum absolute atomic E-state index is 0.802. The third-order valence-corrected chi connectivity index (χ3v) is 14.2. The molecule has 0 aliphatic rings. The Labute approximate surface area is 400 Å². The van der Waals surface area contributed by atoms with E-state index in [9.17, 15) is 0 Å². The summed E-state index contributed by atoms with van der Waals surface area (Å²) >= 11 is 0. The first-order valence-corrected chi connectivity index (χ1v) is 23.7. The summed E-state index contributed by atoms with van der Waals surface area (Å²) in [5, 5.41) is 8.81. The van der Waals surface area contributed by atoms with Gasteiger partial charge in [-0.2, -0.15) is 0 Å². The molecule has 0 amide bonds. The largest absolute Gasteiger partial charge is 0.456 e. The van der Waals surface area contributed by atoms with Crippen molar-refractivity contribution in [3.05, 3.63) is 231 Å². The van der Waals surface area contributed by atoms with Crippen LogP contribution in [0.15, 0.2) is 244 Å². The van der Waals surface area contributed by atoms with Crippen LogP contribution < -0.4 is 0 Å². The van der Waals surface area contributed by atoms with E-state index < -0.39 is 0 Å². The summed E-state index contributed by atoms with van der Waals surface area (Å²) < 4.78 is 22.2. The van der Waals surface area contributed by atoms with Crippen molar-refractivity contribution in [1.29, 1.82) is 0 Å². The molecule has 0 fully saturated rings. The van der Waals surface area contributed by atoms with Crippen LogP contribution in [0.3, 0.4) is 0 Å². The third kappa shape index (κ3) is 5.95. The minimum atomic E-state index is 0.802. The fourth-order valence-electron chi connectivity index (χ4n) is 11.0. The van der Waals surface area contributed by atoms with Gasteiger partial charge in [-0.25, -0.2) is 4.98 Å². The van der Waals surface area contributed by atoms with Gasteiger partial charge in [0.2, 0.25) is 0 Å². The predicted octanol–water partition coefficient (Wildman–Crippen LogP) is 18.2. The summed E-state index contributed by atoms with van der Waals surface area (Å²) in [5.74, 6) is 0. The first-order valence-electron chi connectivity index (χ1n) is 23.7. The van der Waals surface area contributed by atoms with Crippen LogP contribution in [0.2, 0.25) is 0 Å². The average Bonchev–Trinajstić information content (AvgIpc) is 4.19. The van der Waals surface area contributed by atoms with E-state index in [1.807, 2.05) is 18.2 Å². The molecule has 0 saturated heterocycles. The number of nitrogens with zero attached hydrogens (tertiary/aromatic N) is 2. The van der Waals surface area contributed by atoms with Crippen molar-refractivity contribution >= 4 is 87.6 Å². The molecule has 0 bridgehead atoms. The third-order valence-electron chi connectivity index (χ3n) is 14.2. The Morgan fingerprint density at radius 3 is 1.73 bits per heavy atom. The Kier molecular flexibility index (Phi) is 8.29. The summed E-state index contributed by atoms with van der Waals surface area (Å²) in [6.07, 6.45) is 0. The van der Waals surface area contributed by atoms with Crippen molar-refractivity contribution in [3.63, 3.8) is 0 Å². The van der Waals surface area contributed by atoms with Crippen LogP contribution in [0.5, 0.6) is 0 Å². The van der Waals surface area contributed by atoms with E-state index in [0.717, 1.165) is 133 Å². The SMILES string of the molecule is c1ccc(-c2cc(-c3ccc4c(c3)oc3ccccc34)nc(-c3cccc4oc5ccc(-c6cc(-c7ccc8c9ccccc9n(-c9ccccc9)c8c7)cc7oc8ccccc8c67)cc5c34)c2)cc1. The molecule has 0 saturated carbocycles. The van der Waals surface area contributed by atoms with E-state index in [-0.39, 0.29) is 0 Å². The average molecular weight is 895 g/mol. The molecule has 0 radical (unpaired) electrons. The van der Waals surface area contributed by atoms with Crippen molar-refractivity contribution in [2.45, 2.75) is 0 Å². The fourth-order valence-corrected chi connectivity index (χ4v) is 11.0. The molecule has 15 rings (SSSR count). The van der Waals surface area contributed by atoms with Crippen molar-refractivity contribution < 1.29 is 13.3 Å². The normalized spacial score (nSPS) is 12.0. The zero-order valence-electron chi connectivity index (χ0n) is 37.6. The van der Waals surface area contributed by atoms with E-state index >= 15 is 0 Å². The maximum absolute atomic E-state index is 6.72. The number of hydrogen-bond acceptors (Lipinski definition) is 4.